The second kappa shape index (κ2) is 6.58. The van der Waals surface area contributed by atoms with Crippen molar-refractivity contribution >= 4 is 5.91 Å². The summed E-state index contributed by atoms with van der Waals surface area (Å²) in [5, 5.41) is 3.94. The highest BCUT2D eigenvalue weighted by molar-refractivity contribution is 5.76. The summed E-state index contributed by atoms with van der Waals surface area (Å²) >= 11 is 0. The number of hydrogen-bond acceptors (Lipinski definition) is 5. The topological polar surface area (TPSA) is 52.8 Å². The van der Waals surface area contributed by atoms with E-state index in [-0.39, 0.29) is 5.91 Å². The van der Waals surface area contributed by atoms with Crippen molar-refractivity contribution in [2.75, 3.05) is 40.8 Å². The fourth-order valence-corrected chi connectivity index (χ4v) is 2.73. The van der Waals surface area contributed by atoms with Crippen LogP contribution in [0.1, 0.15) is 23.4 Å². The summed E-state index contributed by atoms with van der Waals surface area (Å²) in [5.74, 6) is 0.962. The van der Waals surface area contributed by atoms with Crippen molar-refractivity contribution in [3.05, 3.63) is 17.0 Å². The number of aromatic nitrogens is 1. The predicted molar refractivity (Wildman–Crippen MR) is 81.0 cm³/mol. The molecule has 1 atom stereocenters. The lowest BCUT2D eigenvalue weighted by molar-refractivity contribution is -0.132. The largest absolute Gasteiger partial charge is 0.361 e. The van der Waals surface area contributed by atoms with Crippen molar-refractivity contribution in [1.29, 1.82) is 0 Å². The molecular weight excluding hydrogens is 268 g/mol. The minimum atomic E-state index is 0.169. The Hall–Kier alpha value is -1.40. The zero-order valence-electron chi connectivity index (χ0n) is 13.7. The summed E-state index contributed by atoms with van der Waals surface area (Å²) in [6.07, 6.45) is 0.556. The number of carbonyl (C=O) groups excluding carboxylic acids is 1. The Morgan fingerprint density at radius 3 is 2.71 bits per heavy atom. The molecule has 1 saturated heterocycles. The number of rotatable bonds is 4. The molecule has 2 rings (SSSR count). The highest BCUT2D eigenvalue weighted by Gasteiger charge is 2.26. The van der Waals surface area contributed by atoms with Crippen LogP contribution in [0.3, 0.4) is 0 Å². The van der Waals surface area contributed by atoms with E-state index in [0.717, 1.165) is 36.7 Å². The lowest BCUT2D eigenvalue weighted by atomic mass is 10.1. The molecule has 2 heterocycles. The van der Waals surface area contributed by atoms with Gasteiger partial charge >= 0.3 is 0 Å². The second-order valence-corrected chi connectivity index (χ2v) is 6.15. The molecule has 0 spiro atoms. The van der Waals surface area contributed by atoms with Crippen molar-refractivity contribution in [2.24, 2.45) is 0 Å². The number of likely N-dealkylation sites (N-methyl/N-ethyl adjacent to an activating group) is 2. The van der Waals surface area contributed by atoms with E-state index in [4.69, 9.17) is 4.52 Å². The molecule has 0 aliphatic carbocycles. The van der Waals surface area contributed by atoms with E-state index in [1.165, 1.54) is 0 Å². The van der Waals surface area contributed by atoms with Crippen molar-refractivity contribution in [3.8, 4) is 0 Å². The lowest BCUT2D eigenvalue weighted by Gasteiger charge is -2.38. The molecule has 0 aromatic carbocycles. The summed E-state index contributed by atoms with van der Waals surface area (Å²) in [7, 11) is 6.05. The maximum atomic E-state index is 12.4. The van der Waals surface area contributed by atoms with Crippen LogP contribution in [0.15, 0.2) is 4.52 Å². The average Bonchev–Trinajstić information content (AvgIpc) is 2.74. The van der Waals surface area contributed by atoms with E-state index in [2.05, 4.69) is 29.1 Å². The maximum absolute atomic E-state index is 12.4. The highest BCUT2D eigenvalue weighted by Crippen LogP contribution is 2.16. The van der Waals surface area contributed by atoms with Crippen molar-refractivity contribution in [2.45, 2.75) is 32.9 Å². The van der Waals surface area contributed by atoms with E-state index in [9.17, 15) is 4.79 Å². The molecule has 6 nitrogen and oxygen atoms in total. The summed E-state index contributed by atoms with van der Waals surface area (Å²) in [4.78, 5) is 18.8. The minimum absolute atomic E-state index is 0.169. The van der Waals surface area contributed by atoms with E-state index < -0.39 is 0 Å². The van der Waals surface area contributed by atoms with Crippen molar-refractivity contribution < 1.29 is 9.32 Å². The molecule has 1 aliphatic heterocycles. The first-order chi connectivity index (χ1) is 9.88. The molecule has 0 bridgehead atoms. The third-order valence-electron chi connectivity index (χ3n) is 4.39. The van der Waals surface area contributed by atoms with Crippen LogP contribution in [-0.4, -0.2) is 72.6 Å². The third-order valence-corrected chi connectivity index (χ3v) is 4.39. The first kappa shape index (κ1) is 16.0. The zero-order chi connectivity index (χ0) is 15.6. The Balaban J connectivity index is 1.93. The third kappa shape index (κ3) is 3.83. The Labute approximate surface area is 126 Å². The van der Waals surface area contributed by atoms with E-state index in [1.54, 1.807) is 4.90 Å². The molecule has 1 unspecified atom stereocenters. The van der Waals surface area contributed by atoms with Crippen LogP contribution in [0.4, 0.5) is 0 Å². The predicted octanol–water partition coefficient (Wildman–Crippen LogP) is 0.886. The molecular formula is C15H26N4O2. The maximum Gasteiger partial charge on any atom is 0.224 e. The van der Waals surface area contributed by atoms with Crippen LogP contribution in [-0.2, 0) is 11.3 Å². The van der Waals surface area contributed by atoms with Crippen molar-refractivity contribution in [3.63, 3.8) is 0 Å². The van der Waals surface area contributed by atoms with Crippen LogP contribution in [0.5, 0.6) is 0 Å². The number of carbonyl (C=O) groups is 1. The summed E-state index contributed by atoms with van der Waals surface area (Å²) in [5.41, 5.74) is 1.88. The Kier molecular flexibility index (Phi) is 5.00. The Bertz CT molecular complexity index is 480. The number of aryl methyl sites for hydroxylation is 2. The van der Waals surface area contributed by atoms with Gasteiger partial charge in [0.15, 0.2) is 0 Å². The van der Waals surface area contributed by atoms with Gasteiger partial charge in [0.2, 0.25) is 5.91 Å². The van der Waals surface area contributed by atoms with Gasteiger partial charge in [-0.05, 0) is 27.9 Å². The minimum Gasteiger partial charge on any atom is -0.361 e. The van der Waals surface area contributed by atoms with Gasteiger partial charge in [0.25, 0.3) is 0 Å². The van der Waals surface area contributed by atoms with Crippen molar-refractivity contribution in [1.82, 2.24) is 19.9 Å². The molecule has 1 aromatic rings. The molecule has 118 valence electrons. The SMILES string of the molecule is Cc1noc(C)c1CN(C)C(=O)CC1CN(C)CCN1C. The fraction of sp³-hybridized carbons (Fsp3) is 0.733. The lowest BCUT2D eigenvalue weighted by Crippen LogP contribution is -2.51. The van der Waals surface area contributed by atoms with Crippen LogP contribution < -0.4 is 0 Å². The summed E-state index contributed by atoms with van der Waals surface area (Å²) in [6.45, 7) is 7.39. The molecule has 0 N–H and O–H groups in total. The van der Waals surface area contributed by atoms with E-state index >= 15 is 0 Å². The Morgan fingerprint density at radius 2 is 2.10 bits per heavy atom. The van der Waals surface area contributed by atoms with Gasteiger partial charge < -0.3 is 19.2 Å². The number of amides is 1. The molecule has 1 fully saturated rings. The van der Waals surface area contributed by atoms with Crippen LogP contribution in [0.25, 0.3) is 0 Å². The quantitative estimate of drug-likeness (QED) is 0.825. The van der Waals surface area contributed by atoms with Gasteiger partial charge in [-0.15, -0.1) is 0 Å². The summed E-state index contributed by atoms with van der Waals surface area (Å²) < 4.78 is 5.15. The van der Waals surface area contributed by atoms with Gasteiger partial charge in [0.05, 0.1) is 12.2 Å². The smallest absolute Gasteiger partial charge is 0.224 e. The molecule has 0 saturated carbocycles. The number of piperazine rings is 1. The number of hydrogen-bond donors (Lipinski definition) is 0. The Morgan fingerprint density at radius 1 is 1.38 bits per heavy atom. The fourth-order valence-electron chi connectivity index (χ4n) is 2.73. The second-order valence-electron chi connectivity index (χ2n) is 6.15. The van der Waals surface area contributed by atoms with E-state index in [1.807, 2.05) is 20.9 Å². The van der Waals surface area contributed by atoms with Gasteiger partial charge in [0, 0.05) is 44.7 Å². The average molecular weight is 294 g/mol. The van der Waals surface area contributed by atoms with Gasteiger partial charge in [-0.1, -0.05) is 5.16 Å². The summed E-state index contributed by atoms with van der Waals surface area (Å²) in [6, 6.07) is 0.295. The van der Waals surface area contributed by atoms with Crippen LogP contribution in [0.2, 0.25) is 0 Å². The molecule has 6 heteroatoms. The van der Waals surface area contributed by atoms with Crippen LogP contribution >= 0.6 is 0 Å². The van der Waals surface area contributed by atoms with Gasteiger partial charge in [0.1, 0.15) is 5.76 Å². The molecule has 1 aromatic heterocycles. The van der Waals surface area contributed by atoms with Gasteiger partial charge in [-0.3, -0.25) is 4.79 Å². The molecule has 1 amide bonds. The monoisotopic (exact) mass is 294 g/mol. The van der Waals surface area contributed by atoms with Crippen LogP contribution in [0, 0.1) is 13.8 Å². The van der Waals surface area contributed by atoms with Gasteiger partial charge in [-0.2, -0.15) is 0 Å². The molecule has 1 aliphatic rings. The standard InChI is InChI=1S/C15H26N4O2/c1-11-14(12(2)21-16-11)10-19(5)15(20)8-13-9-17(3)6-7-18(13)4/h13H,6-10H2,1-5H3. The molecule has 21 heavy (non-hydrogen) atoms. The van der Waals surface area contributed by atoms with Gasteiger partial charge in [-0.25, -0.2) is 0 Å². The first-order valence-corrected chi connectivity index (χ1v) is 7.43. The number of nitrogens with zero attached hydrogens (tertiary/aromatic N) is 4. The highest BCUT2D eigenvalue weighted by atomic mass is 16.5. The molecule has 0 radical (unpaired) electrons. The van der Waals surface area contributed by atoms with E-state index in [0.29, 0.717) is 19.0 Å². The normalized spacial score (nSPS) is 20.7. The first-order valence-electron chi connectivity index (χ1n) is 7.43. The zero-order valence-corrected chi connectivity index (χ0v) is 13.7.